The van der Waals surface area contributed by atoms with Gasteiger partial charge in [0, 0.05) is 47.0 Å². The van der Waals surface area contributed by atoms with Crippen molar-refractivity contribution in [2.24, 2.45) is 5.16 Å². The van der Waals surface area contributed by atoms with Gasteiger partial charge in [-0.1, -0.05) is 40.5 Å². The molecule has 2 aromatic rings. The summed E-state index contributed by atoms with van der Waals surface area (Å²) in [6.45, 7) is 6.24. The average Bonchev–Trinajstić information content (AvgIpc) is 3.09. The first-order valence-electron chi connectivity index (χ1n) is 9.84. The fraction of sp³-hybridized carbons (Fsp3) is 0.348. The van der Waals surface area contributed by atoms with Gasteiger partial charge in [0.2, 0.25) is 5.91 Å². The maximum absolute atomic E-state index is 12.5. The number of carbonyl (C=O) groups is 2. The minimum atomic E-state index is -0.668. The molecule has 3 rings (SSSR count). The molecule has 1 aliphatic rings. The maximum atomic E-state index is 12.5. The average molecular weight is 447 g/mol. The number of nitrogens with one attached hydrogen (secondary N) is 1. The Morgan fingerprint density at radius 2 is 1.83 bits per heavy atom. The third kappa shape index (κ3) is 5.02. The molecule has 5 nitrogen and oxygen atoms in total. The van der Waals surface area contributed by atoms with Gasteiger partial charge in [-0.25, -0.2) is 0 Å². The number of nitrogens with zero attached hydrogens (tertiary/aromatic N) is 1. The topological polar surface area (TPSA) is 67.8 Å². The zero-order valence-corrected chi connectivity index (χ0v) is 18.7. The lowest BCUT2D eigenvalue weighted by molar-refractivity contribution is -0.120. The Hall–Kier alpha value is -2.37. The van der Waals surface area contributed by atoms with E-state index in [1.165, 1.54) is 0 Å². The largest absolute Gasteiger partial charge is 0.384 e. The van der Waals surface area contributed by atoms with Gasteiger partial charge < -0.3 is 10.2 Å². The zero-order chi connectivity index (χ0) is 21.9. The van der Waals surface area contributed by atoms with E-state index in [1.807, 2.05) is 45.0 Å². The SMILES string of the molecule is CCNC(=O)CCC(=O)c1ccc(C2=NO[C@](C)(c3cc(Cl)cc(Cl)c3)C2)cc1C. The number of hydrogen-bond donors (Lipinski definition) is 1. The molecule has 1 atom stereocenters. The van der Waals surface area contributed by atoms with Crippen LogP contribution in [0.2, 0.25) is 10.0 Å². The number of halogens is 2. The number of hydrogen-bond acceptors (Lipinski definition) is 4. The Bertz CT molecular complexity index is 999. The molecule has 0 unspecified atom stereocenters. The van der Waals surface area contributed by atoms with Crippen molar-refractivity contribution in [2.45, 2.75) is 45.6 Å². The second-order valence-corrected chi connectivity index (χ2v) is 8.47. The number of ketones is 1. The highest BCUT2D eigenvalue weighted by atomic mass is 35.5. The molecule has 0 aliphatic carbocycles. The van der Waals surface area contributed by atoms with Gasteiger partial charge in [0.05, 0.1) is 5.71 Å². The molecule has 1 heterocycles. The molecule has 1 aliphatic heterocycles. The van der Waals surface area contributed by atoms with E-state index in [9.17, 15) is 9.59 Å². The summed E-state index contributed by atoms with van der Waals surface area (Å²) < 4.78 is 0. The van der Waals surface area contributed by atoms with Crippen LogP contribution in [0.1, 0.15) is 60.2 Å². The molecule has 1 amide bonds. The molecule has 0 radical (unpaired) electrons. The van der Waals surface area contributed by atoms with Crippen LogP contribution in [0.5, 0.6) is 0 Å². The first-order valence-corrected chi connectivity index (χ1v) is 10.6. The van der Waals surface area contributed by atoms with Crippen molar-refractivity contribution < 1.29 is 14.4 Å². The van der Waals surface area contributed by atoms with E-state index in [2.05, 4.69) is 10.5 Å². The fourth-order valence-electron chi connectivity index (χ4n) is 3.51. The van der Waals surface area contributed by atoms with E-state index in [4.69, 9.17) is 28.0 Å². The molecular formula is C23H24Cl2N2O3. The lowest BCUT2D eigenvalue weighted by atomic mass is 9.88. The number of aryl methyl sites for hydroxylation is 1. The number of rotatable bonds is 7. The van der Waals surface area contributed by atoms with Crippen molar-refractivity contribution >= 4 is 40.6 Å². The van der Waals surface area contributed by atoms with Crippen LogP contribution in [0.25, 0.3) is 0 Å². The van der Waals surface area contributed by atoms with Gasteiger partial charge in [0.25, 0.3) is 0 Å². The highest BCUT2D eigenvalue weighted by molar-refractivity contribution is 6.34. The van der Waals surface area contributed by atoms with Crippen molar-refractivity contribution in [3.05, 3.63) is 68.7 Å². The Morgan fingerprint density at radius 3 is 2.47 bits per heavy atom. The summed E-state index contributed by atoms with van der Waals surface area (Å²) in [5.74, 6) is -0.161. The van der Waals surface area contributed by atoms with Gasteiger partial charge in [-0.05, 0) is 56.2 Å². The van der Waals surface area contributed by atoms with E-state index in [0.717, 1.165) is 22.4 Å². The summed E-state index contributed by atoms with van der Waals surface area (Å²) in [4.78, 5) is 29.9. The summed E-state index contributed by atoms with van der Waals surface area (Å²) in [5, 5.41) is 8.07. The minimum absolute atomic E-state index is 0.0479. The standard InChI is InChI=1S/C23H24Cl2N2O3/c1-4-26-22(29)8-7-21(28)19-6-5-15(9-14(19)2)20-13-23(3,30-27-20)16-10-17(24)12-18(25)11-16/h5-6,9-12H,4,7-8,13H2,1-3H3,(H,26,29)/t23-/m0/s1. The Morgan fingerprint density at radius 1 is 1.13 bits per heavy atom. The number of oxime groups is 1. The smallest absolute Gasteiger partial charge is 0.220 e. The van der Waals surface area contributed by atoms with Crippen LogP contribution < -0.4 is 5.32 Å². The molecule has 0 spiro atoms. The molecule has 1 N–H and O–H groups in total. The molecule has 0 fully saturated rings. The van der Waals surface area contributed by atoms with E-state index >= 15 is 0 Å². The lowest BCUT2D eigenvalue weighted by Crippen LogP contribution is -2.23. The van der Waals surface area contributed by atoms with Gasteiger partial charge in [0.15, 0.2) is 11.4 Å². The normalized spacial score (nSPS) is 18.0. The van der Waals surface area contributed by atoms with Gasteiger partial charge in [-0.15, -0.1) is 0 Å². The van der Waals surface area contributed by atoms with Crippen molar-refractivity contribution in [2.75, 3.05) is 6.54 Å². The molecule has 0 saturated carbocycles. The molecule has 7 heteroatoms. The molecule has 0 bridgehead atoms. The summed E-state index contributed by atoms with van der Waals surface area (Å²) in [6.07, 6.45) is 0.923. The van der Waals surface area contributed by atoms with Gasteiger partial charge >= 0.3 is 0 Å². The van der Waals surface area contributed by atoms with Crippen molar-refractivity contribution in [1.82, 2.24) is 5.32 Å². The van der Waals surface area contributed by atoms with E-state index in [-0.39, 0.29) is 24.5 Å². The van der Waals surface area contributed by atoms with Crippen molar-refractivity contribution in [3.63, 3.8) is 0 Å². The summed E-state index contributed by atoms with van der Waals surface area (Å²) in [6, 6.07) is 10.9. The Kier molecular flexibility index (Phi) is 6.84. The fourth-order valence-corrected chi connectivity index (χ4v) is 4.04. The third-order valence-corrected chi connectivity index (χ3v) is 5.58. The second kappa shape index (κ2) is 9.19. The molecule has 158 valence electrons. The Balaban J connectivity index is 1.72. The third-order valence-electron chi connectivity index (χ3n) is 5.15. The van der Waals surface area contributed by atoms with Crippen LogP contribution >= 0.6 is 23.2 Å². The number of Topliss-reactive ketones (excluding diaryl/α,β-unsaturated/α-hetero) is 1. The minimum Gasteiger partial charge on any atom is -0.384 e. The maximum Gasteiger partial charge on any atom is 0.220 e. The van der Waals surface area contributed by atoms with Gasteiger partial charge in [0.1, 0.15) is 0 Å². The van der Waals surface area contributed by atoms with Crippen LogP contribution in [0.3, 0.4) is 0 Å². The highest BCUT2D eigenvalue weighted by Crippen LogP contribution is 2.38. The highest BCUT2D eigenvalue weighted by Gasteiger charge is 2.37. The molecule has 0 aromatic heterocycles. The number of carbonyl (C=O) groups excluding carboxylic acids is 2. The quantitative estimate of drug-likeness (QED) is 0.575. The van der Waals surface area contributed by atoms with Crippen LogP contribution in [0, 0.1) is 6.92 Å². The summed E-state index contributed by atoms with van der Waals surface area (Å²) in [7, 11) is 0. The lowest BCUT2D eigenvalue weighted by Gasteiger charge is -2.22. The van der Waals surface area contributed by atoms with E-state index in [0.29, 0.717) is 28.6 Å². The van der Waals surface area contributed by atoms with Crippen LogP contribution in [0.15, 0.2) is 41.6 Å². The molecule has 30 heavy (non-hydrogen) atoms. The van der Waals surface area contributed by atoms with E-state index < -0.39 is 5.60 Å². The predicted molar refractivity (Wildman–Crippen MR) is 119 cm³/mol. The number of amides is 1. The van der Waals surface area contributed by atoms with Crippen LogP contribution in [-0.2, 0) is 15.2 Å². The van der Waals surface area contributed by atoms with Crippen LogP contribution in [-0.4, -0.2) is 23.9 Å². The zero-order valence-electron chi connectivity index (χ0n) is 17.2. The summed E-state index contributed by atoms with van der Waals surface area (Å²) in [5.41, 5.74) is 3.33. The van der Waals surface area contributed by atoms with Crippen LogP contribution in [0.4, 0.5) is 0 Å². The van der Waals surface area contributed by atoms with Crippen molar-refractivity contribution in [3.8, 4) is 0 Å². The van der Waals surface area contributed by atoms with Crippen molar-refractivity contribution in [1.29, 1.82) is 0 Å². The summed E-state index contributed by atoms with van der Waals surface area (Å²) >= 11 is 12.3. The first kappa shape index (κ1) is 22.3. The van der Waals surface area contributed by atoms with E-state index in [1.54, 1.807) is 12.1 Å². The first-order chi connectivity index (χ1) is 14.2. The molecule has 2 aromatic carbocycles. The number of benzene rings is 2. The van der Waals surface area contributed by atoms with Gasteiger partial charge in [-0.3, -0.25) is 9.59 Å². The monoisotopic (exact) mass is 446 g/mol. The predicted octanol–water partition coefficient (Wildman–Crippen LogP) is 5.44. The Labute approximate surface area is 186 Å². The second-order valence-electron chi connectivity index (χ2n) is 7.60. The molecule has 0 saturated heterocycles. The van der Waals surface area contributed by atoms with Gasteiger partial charge in [-0.2, -0.15) is 0 Å². The molecular weight excluding hydrogens is 423 g/mol.